The molecule has 0 aliphatic rings. The van der Waals surface area contributed by atoms with E-state index < -0.39 is 11.9 Å². The molecule has 2 rings (SSSR count). The molecule has 140 valence electrons. The van der Waals surface area contributed by atoms with Gasteiger partial charge in [0.25, 0.3) is 0 Å². The molecule has 7 heteroatoms. The molecule has 0 aliphatic carbocycles. The lowest BCUT2D eigenvalue weighted by Gasteiger charge is -2.23. The second-order valence-electron chi connectivity index (χ2n) is 6.27. The normalized spacial score (nSPS) is 11.9. The van der Waals surface area contributed by atoms with Crippen LogP contribution in [0.1, 0.15) is 34.6 Å². The standard InChI is InChI=1S/C19H25N3O4/c1-11-4-5-12(6-14(11)10-23)15(9-18(24)25)13-7-16(20)19(22(2)21)17(8-13)26-3/h4-8,15,23H,9-10,20-21H2,1-3H3,(H,24,25). The predicted molar refractivity (Wildman–Crippen MR) is 101 cm³/mol. The van der Waals surface area contributed by atoms with Crippen molar-refractivity contribution in [2.24, 2.45) is 5.84 Å². The Morgan fingerprint density at radius 1 is 1.27 bits per heavy atom. The molecule has 6 N–H and O–H groups in total. The van der Waals surface area contributed by atoms with E-state index in [-0.39, 0.29) is 13.0 Å². The molecule has 0 saturated carbocycles. The molecule has 0 amide bonds. The molecule has 0 radical (unpaired) electrons. The number of carbonyl (C=O) groups is 1. The molecular formula is C19H25N3O4. The van der Waals surface area contributed by atoms with Gasteiger partial charge >= 0.3 is 5.97 Å². The Hall–Kier alpha value is -2.77. The number of hydrogen-bond donors (Lipinski definition) is 4. The lowest BCUT2D eigenvalue weighted by Crippen LogP contribution is -2.26. The maximum absolute atomic E-state index is 11.5. The lowest BCUT2D eigenvalue weighted by atomic mass is 9.86. The van der Waals surface area contributed by atoms with E-state index in [0.29, 0.717) is 22.7 Å². The van der Waals surface area contributed by atoms with E-state index in [1.807, 2.05) is 25.1 Å². The number of anilines is 2. The van der Waals surface area contributed by atoms with Crippen LogP contribution in [0.2, 0.25) is 0 Å². The second kappa shape index (κ2) is 8.07. The number of aliphatic carboxylic acids is 1. The van der Waals surface area contributed by atoms with Gasteiger partial charge in [0.1, 0.15) is 11.4 Å². The van der Waals surface area contributed by atoms with Gasteiger partial charge in [0, 0.05) is 13.0 Å². The third-order valence-electron chi connectivity index (χ3n) is 4.43. The fourth-order valence-corrected chi connectivity index (χ4v) is 3.07. The molecule has 0 fully saturated rings. The van der Waals surface area contributed by atoms with E-state index in [2.05, 4.69) is 0 Å². The summed E-state index contributed by atoms with van der Waals surface area (Å²) < 4.78 is 5.39. The van der Waals surface area contributed by atoms with Gasteiger partial charge < -0.3 is 25.7 Å². The first kappa shape index (κ1) is 19.6. The van der Waals surface area contributed by atoms with Gasteiger partial charge in [0.05, 0.1) is 25.8 Å². The Labute approximate surface area is 152 Å². The number of nitrogen functional groups attached to an aromatic ring is 1. The number of methoxy groups -OCH3 is 1. The van der Waals surface area contributed by atoms with Gasteiger partial charge in [-0.25, -0.2) is 5.84 Å². The van der Waals surface area contributed by atoms with Crippen molar-refractivity contribution >= 4 is 17.3 Å². The summed E-state index contributed by atoms with van der Waals surface area (Å²) in [5.74, 6) is 4.91. The fraction of sp³-hybridized carbons (Fsp3) is 0.316. The summed E-state index contributed by atoms with van der Waals surface area (Å²) in [6.07, 6.45) is -0.117. The number of carboxylic acid groups (broad SMARTS) is 1. The summed E-state index contributed by atoms with van der Waals surface area (Å²) in [4.78, 5) is 11.5. The van der Waals surface area contributed by atoms with E-state index in [0.717, 1.165) is 16.7 Å². The maximum atomic E-state index is 11.5. The number of aliphatic hydroxyl groups excluding tert-OH is 1. The molecule has 0 aliphatic heterocycles. The van der Waals surface area contributed by atoms with Crippen LogP contribution in [-0.2, 0) is 11.4 Å². The average Bonchev–Trinajstić information content (AvgIpc) is 2.58. The minimum Gasteiger partial charge on any atom is -0.494 e. The van der Waals surface area contributed by atoms with Crippen LogP contribution in [0.3, 0.4) is 0 Å². The molecule has 1 unspecified atom stereocenters. The Kier molecular flexibility index (Phi) is 6.07. The van der Waals surface area contributed by atoms with Crippen molar-refractivity contribution in [3.05, 3.63) is 52.6 Å². The highest BCUT2D eigenvalue weighted by atomic mass is 16.5. The molecule has 1 atom stereocenters. The molecule has 7 nitrogen and oxygen atoms in total. The van der Waals surface area contributed by atoms with Crippen LogP contribution in [0.15, 0.2) is 30.3 Å². The van der Waals surface area contributed by atoms with Crippen LogP contribution in [0.25, 0.3) is 0 Å². The first-order chi connectivity index (χ1) is 12.3. The van der Waals surface area contributed by atoms with Gasteiger partial charge in [0.2, 0.25) is 0 Å². The van der Waals surface area contributed by atoms with Crippen molar-refractivity contribution in [2.45, 2.75) is 25.9 Å². The van der Waals surface area contributed by atoms with Crippen LogP contribution in [0.4, 0.5) is 11.4 Å². The van der Waals surface area contributed by atoms with Crippen molar-refractivity contribution in [1.82, 2.24) is 0 Å². The van der Waals surface area contributed by atoms with Crippen molar-refractivity contribution < 1.29 is 19.7 Å². The van der Waals surface area contributed by atoms with Crippen LogP contribution >= 0.6 is 0 Å². The fourth-order valence-electron chi connectivity index (χ4n) is 3.07. The average molecular weight is 359 g/mol. The predicted octanol–water partition coefficient (Wildman–Crippen LogP) is 1.99. The maximum Gasteiger partial charge on any atom is 0.304 e. The minimum absolute atomic E-state index is 0.109. The van der Waals surface area contributed by atoms with Gasteiger partial charge in [0.15, 0.2) is 0 Å². The van der Waals surface area contributed by atoms with Gasteiger partial charge in [-0.05, 0) is 41.3 Å². The number of benzene rings is 2. The minimum atomic E-state index is -0.932. The Morgan fingerprint density at radius 3 is 2.50 bits per heavy atom. The molecule has 0 heterocycles. The number of aliphatic hydroxyl groups is 1. The number of rotatable bonds is 7. The van der Waals surface area contributed by atoms with E-state index in [4.69, 9.17) is 16.3 Å². The molecule has 0 bridgehead atoms. The SMILES string of the molecule is COc1cc(C(CC(=O)O)c2ccc(C)c(CO)c2)cc(N)c1N(C)N. The molecule has 0 saturated heterocycles. The number of hydrogen-bond acceptors (Lipinski definition) is 6. The smallest absolute Gasteiger partial charge is 0.304 e. The highest BCUT2D eigenvalue weighted by Gasteiger charge is 2.22. The van der Waals surface area contributed by atoms with Crippen molar-refractivity contribution in [3.8, 4) is 5.75 Å². The number of nitrogens with zero attached hydrogens (tertiary/aromatic N) is 1. The number of carboxylic acids is 1. The molecule has 0 spiro atoms. The van der Waals surface area contributed by atoms with Crippen LogP contribution < -0.4 is 21.3 Å². The Balaban J connectivity index is 2.61. The molecule has 0 aromatic heterocycles. The Morgan fingerprint density at radius 2 is 1.96 bits per heavy atom. The zero-order valence-electron chi connectivity index (χ0n) is 15.2. The summed E-state index contributed by atoms with van der Waals surface area (Å²) >= 11 is 0. The summed E-state index contributed by atoms with van der Waals surface area (Å²) in [5.41, 5.74) is 10.3. The summed E-state index contributed by atoms with van der Waals surface area (Å²) in [6, 6.07) is 9.04. The number of nitrogens with two attached hydrogens (primary N) is 2. The van der Waals surface area contributed by atoms with Crippen molar-refractivity contribution in [1.29, 1.82) is 0 Å². The van der Waals surface area contributed by atoms with Crippen LogP contribution in [0.5, 0.6) is 5.75 Å². The van der Waals surface area contributed by atoms with E-state index in [1.54, 1.807) is 19.2 Å². The summed E-state index contributed by atoms with van der Waals surface area (Å²) in [5, 5.41) is 20.3. The van der Waals surface area contributed by atoms with Gasteiger partial charge in [-0.2, -0.15) is 0 Å². The first-order valence-corrected chi connectivity index (χ1v) is 8.16. The molecular weight excluding hydrogens is 334 g/mol. The lowest BCUT2D eigenvalue weighted by molar-refractivity contribution is -0.137. The zero-order valence-corrected chi connectivity index (χ0v) is 15.2. The largest absolute Gasteiger partial charge is 0.494 e. The van der Waals surface area contributed by atoms with E-state index >= 15 is 0 Å². The zero-order chi connectivity index (χ0) is 19.4. The van der Waals surface area contributed by atoms with Gasteiger partial charge in [-0.15, -0.1) is 0 Å². The second-order valence-corrected chi connectivity index (χ2v) is 6.27. The number of aryl methyl sites for hydroxylation is 1. The summed E-state index contributed by atoms with van der Waals surface area (Å²) in [6.45, 7) is 1.79. The van der Waals surface area contributed by atoms with Crippen molar-refractivity contribution in [3.63, 3.8) is 0 Å². The van der Waals surface area contributed by atoms with Crippen LogP contribution in [-0.4, -0.2) is 30.3 Å². The third-order valence-corrected chi connectivity index (χ3v) is 4.43. The monoisotopic (exact) mass is 359 g/mol. The third kappa shape index (κ3) is 4.07. The van der Waals surface area contributed by atoms with E-state index in [9.17, 15) is 15.0 Å². The molecule has 26 heavy (non-hydrogen) atoms. The molecule has 2 aromatic carbocycles. The number of hydrazine groups is 1. The first-order valence-electron chi connectivity index (χ1n) is 8.16. The molecule has 2 aromatic rings. The number of ether oxygens (including phenoxy) is 1. The highest BCUT2D eigenvalue weighted by Crippen LogP contribution is 2.39. The quantitative estimate of drug-likeness (QED) is 0.339. The topological polar surface area (TPSA) is 122 Å². The van der Waals surface area contributed by atoms with Gasteiger partial charge in [-0.3, -0.25) is 4.79 Å². The van der Waals surface area contributed by atoms with E-state index in [1.165, 1.54) is 12.1 Å². The summed E-state index contributed by atoms with van der Waals surface area (Å²) in [7, 11) is 3.16. The van der Waals surface area contributed by atoms with Gasteiger partial charge in [-0.1, -0.05) is 18.2 Å². The van der Waals surface area contributed by atoms with Crippen molar-refractivity contribution in [2.75, 3.05) is 24.9 Å². The highest BCUT2D eigenvalue weighted by molar-refractivity contribution is 5.76. The Bertz CT molecular complexity index is 806. The van der Waals surface area contributed by atoms with Crippen LogP contribution in [0, 0.1) is 6.92 Å².